The molecule has 1 fully saturated rings. The molecule has 1 aromatic carbocycles. The fraction of sp³-hybridized carbons (Fsp3) is 0.562. The molecule has 1 aliphatic heterocycles. The zero-order valence-electron chi connectivity index (χ0n) is 12.3. The van der Waals surface area contributed by atoms with Crippen LogP contribution >= 0.6 is 12.4 Å². The van der Waals surface area contributed by atoms with Crippen LogP contribution in [0.1, 0.15) is 38.3 Å². The van der Waals surface area contributed by atoms with E-state index in [1.807, 2.05) is 18.2 Å². The van der Waals surface area contributed by atoms with E-state index in [-0.39, 0.29) is 24.4 Å². The van der Waals surface area contributed by atoms with Crippen LogP contribution < -0.4 is 5.32 Å². The van der Waals surface area contributed by atoms with Gasteiger partial charge in [-0.2, -0.15) is 0 Å². The molecule has 2 rings (SSSR count). The predicted molar refractivity (Wildman–Crippen MR) is 85.1 cm³/mol. The molecule has 20 heavy (non-hydrogen) atoms. The summed E-state index contributed by atoms with van der Waals surface area (Å²) in [6, 6.07) is 10.5. The molecule has 0 radical (unpaired) electrons. The van der Waals surface area contributed by atoms with Crippen molar-refractivity contribution in [3.63, 3.8) is 0 Å². The van der Waals surface area contributed by atoms with Crippen LogP contribution in [0.4, 0.5) is 0 Å². The molecule has 1 heterocycles. The number of nitrogens with zero attached hydrogens (tertiary/aromatic N) is 1. The van der Waals surface area contributed by atoms with Gasteiger partial charge in [-0.25, -0.2) is 0 Å². The third kappa shape index (κ3) is 3.97. The summed E-state index contributed by atoms with van der Waals surface area (Å²) in [7, 11) is 0. The fourth-order valence-corrected chi connectivity index (χ4v) is 2.43. The minimum Gasteiger partial charge on any atom is -0.336 e. The van der Waals surface area contributed by atoms with E-state index in [2.05, 4.69) is 36.2 Å². The summed E-state index contributed by atoms with van der Waals surface area (Å²) in [4.78, 5) is 14.6. The monoisotopic (exact) mass is 296 g/mol. The molecule has 0 bridgehead atoms. The normalized spacial score (nSPS) is 15.9. The number of carbonyl (C=O) groups excluding carboxylic acids is 1. The molecule has 1 unspecified atom stereocenters. The number of benzene rings is 1. The summed E-state index contributed by atoms with van der Waals surface area (Å²) < 4.78 is 0. The molecule has 0 aromatic heterocycles. The Labute approximate surface area is 128 Å². The average Bonchev–Trinajstić information content (AvgIpc) is 2.38. The van der Waals surface area contributed by atoms with Gasteiger partial charge in [-0.05, 0) is 18.9 Å². The third-order valence-corrected chi connectivity index (χ3v) is 3.92. The average molecular weight is 297 g/mol. The predicted octanol–water partition coefficient (Wildman–Crippen LogP) is 3.02. The number of amides is 1. The number of unbranched alkanes of at least 4 members (excludes halogenated alkanes) is 1. The topological polar surface area (TPSA) is 32.3 Å². The van der Waals surface area contributed by atoms with Crippen LogP contribution in [0.15, 0.2) is 30.3 Å². The number of carbonyl (C=O) groups is 1. The second-order valence-corrected chi connectivity index (χ2v) is 5.33. The van der Waals surface area contributed by atoms with Crippen LogP contribution in [0.5, 0.6) is 0 Å². The van der Waals surface area contributed by atoms with Gasteiger partial charge < -0.3 is 10.2 Å². The van der Waals surface area contributed by atoms with E-state index >= 15 is 0 Å². The van der Waals surface area contributed by atoms with Gasteiger partial charge in [-0.1, -0.05) is 43.7 Å². The molecular formula is C16H25ClN2O. The molecule has 1 saturated heterocycles. The first-order chi connectivity index (χ1) is 9.24. The summed E-state index contributed by atoms with van der Waals surface area (Å²) >= 11 is 0. The summed E-state index contributed by atoms with van der Waals surface area (Å²) in [5.41, 5.74) is 1.22. The zero-order valence-corrected chi connectivity index (χ0v) is 13.2. The molecule has 1 N–H and O–H groups in total. The van der Waals surface area contributed by atoms with Crippen LogP contribution in [0.2, 0.25) is 0 Å². The highest BCUT2D eigenvalue weighted by molar-refractivity contribution is 5.85. The van der Waals surface area contributed by atoms with E-state index in [4.69, 9.17) is 0 Å². The highest BCUT2D eigenvalue weighted by Crippen LogP contribution is 2.23. The van der Waals surface area contributed by atoms with Gasteiger partial charge in [0.1, 0.15) is 0 Å². The van der Waals surface area contributed by atoms with Crippen LogP contribution in [-0.4, -0.2) is 30.4 Å². The summed E-state index contributed by atoms with van der Waals surface area (Å²) in [6.45, 7) is 6.84. The maximum Gasteiger partial charge on any atom is 0.228 e. The standard InChI is InChI=1S/C16H24N2O.ClH/c1-3-4-10-18(16(19)15-11-17-12-15)13(2)14-8-6-5-7-9-14;/h5-9,13,15,17H,3-4,10-12H2,1-2H3;1H. The lowest BCUT2D eigenvalue weighted by atomic mass is 9.98. The van der Waals surface area contributed by atoms with Crippen molar-refractivity contribution in [2.24, 2.45) is 5.92 Å². The van der Waals surface area contributed by atoms with Crippen LogP contribution in [0.25, 0.3) is 0 Å². The molecule has 1 atom stereocenters. The Morgan fingerprint density at radius 3 is 2.50 bits per heavy atom. The maximum absolute atomic E-state index is 12.5. The van der Waals surface area contributed by atoms with Gasteiger partial charge in [-0.15, -0.1) is 12.4 Å². The number of hydrogen-bond donors (Lipinski definition) is 1. The van der Waals surface area contributed by atoms with Crippen molar-refractivity contribution in [3.8, 4) is 0 Å². The first kappa shape index (κ1) is 17.0. The van der Waals surface area contributed by atoms with Gasteiger partial charge in [0.05, 0.1) is 12.0 Å². The van der Waals surface area contributed by atoms with Gasteiger partial charge in [0.25, 0.3) is 0 Å². The van der Waals surface area contributed by atoms with E-state index in [0.29, 0.717) is 5.91 Å². The molecule has 1 aromatic rings. The van der Waals surface area contributed by atoms with Crippen molar-refractivity contribution in [2.75, 3.05) is 19.6 Å². The molecule has 0 spiro atoms. The quantitative estimate of drug-likeness (QED) is 0.875. The minimum absolute atomic E-state index is 0. The molecule has 3 nitrogen and oxygen atoms in total. The van der Waals surface area contributed by atoms with E-state index in [0.717, 1.165) is 32.5 Å². The van der Waals surface area contributed by atoms with Crippen molar-refractivity contribution in [3.05, 3.63) is 35.9 Å². The Balaban J connectivity index is 0.00000200. The summed E-state index contributed by atoms with van der Waals surface area (Å²) in [5.74, 6) is 0.492. The first-order valence-electron chi connectivity index (χ1n) is 7.30. The van der Waals surface area contributed by atoms with E-state index in [1.54, 1.807) is 0 Å². The lowest BCUT2D eigenvalue weighted by Crippen LogP contribution is -2.52. The number of rotatable bonds is 6. The lowest BCUT2D eigenvalue weighted by molar-refractivity contribution is -0.139. The molecule has 1 aliphatic rings. The van der Waals surface area contributed by atoms with Crippen molar-refractivity contribution in [1.82, 2.24) is 10.2 Å². The molecular weight excluding hydrogens is 272 g/mol. The van der Waals surface area contributed by atoms with Crippen LogP contribution in [0, 0.1) is 5.92 Å². The zero-order chi connectivity index (χ0) is 13.7. The highest BCUT2D eigenvalue weighted by Gasteiger charge is 2.31. The van der Waals surface area contributed by atoms with Gasteiger partial charge in [0, 0.05) is 19.6 Å². The third-order valence-electron chi connectivity index (χ3n) is 3.92. The van der Waals surface area contributed by atoms with E-state index in [1.165, 1.54) is 5.56 Å². The Morgan fingerprint density at radius 1 is 1.35 bits per heavy atom. The first-order valence-corrected chi connectivity index (χ1v) is 7.30. The summed E-state index contributed by atoms with van der Waals surface area (Å²) in [5, 5.41) is 3.18. The van der Waals surface area contributed by atoms with E-state index in [9.17, 15) is 4.79 Å². The van der Waals surface area contributed by atoms with Gasteiger partial charge in [0.15, 0.2) is 0 Å². The van der Waals surface area contributed by atoms with Crippen molar-refractivity contribution >= 4 is 18.3 Å². The van der Waals surface area contributed by atoms with Gasteiger partial charge in [0.2, 0.25) is 5.91 Å². The molecule has 112 valence electrons. The largest absolute Gasteiger partial charge is 0.336 e. The minimum atomic E-state index is 0. The fourth-order valence-electron chi connectivity index (χ4n) is 2.43. The van der Waals surface area contributed by atoms with Crippen molar-refractivity contribution in [2.45, 2.75) is 32.7 Å². The smallest absolute Gasteiger partial charge is 0.228 e. The maximum atomic E-state index is 12.5. The van der Waals surface area contributed by atoms with Crippen molar-refractivity contribution < 1.29 is 4.79 Å². The highest BCUT2D eigenvalue weighted by atomic mass is 35.5. The van der Waals surface area contributed by atoms with Crippen molar-refractivity contribution in [1.29, 1.82) is 0 Å². The van der Waals surface area contributed by atoms with Gasteiger partial charge >= 0.3 is 0 Å². The number of nitrogens with one attached hydrogen (secondary N) is 1. The SMILES string of the molecule is CCCCN(C(=O)C1CNC1)C(C)c1ccccc1.Cl. The second kappa shape index (κ2) is 8.28. The number of hydrogen-bond acceptors (Lipinski definition) is 2. The Kier molecular flexibility index (Phi) is 7.03. The van der Waals surface area contributed by atoms with Gasteiger partial charge in [-0.3, -0.25) is 4.79 Å². The summed E-state index contributed by atoms with van der Waals surface area (Å²) in [6.07, 6.45) is 2.19. The second-order valence-electron chi connectivity index (χ2n) is 5.33. The lowest BCUT2D eigenvalue weighted by Gasteiger charge is -2.36. The Morgan fingerprint density at radius 2 is 2.00 bits per heavy atom. The molecule has 0 saturated carbocycles. The Hall–Kier alpha value is -1.06. The number of halogens is 1. The molecule has 0 aliphatic carbocycles. The van der Waals surface area contributed by atoms with Crippen LogP contribution in [0.3, 0.4) is 0 Å². The van der Waals surface area contributed by atoms with Crippen LogP contribution in [-0.2, 0) is 4.79 Å². The Bertz CT molecular complexity index is 406. The molecule has 1 amide bonds. The molecule has 4 heteroatoms. The van der Waals surface area contributed by atoms with E-state index < -0.39 is 0 Å².